The van der Waals surface area contributed by atoms with Gasteiger partial charge in [0.05, 0.1) is 33.7 Å². The van der Waals surface area contributed by atoms with E-state index in [0.717, 1.165) is 29.2 Å². The van der Waals surface area contributed by atoms with E-state index >= 15 is 0 Å². The number of rotatable bonds is 4. The van der Waals surface area contributed by atoms with E-state index in [4.69, 9.17) is 0 Å². The summed E-state index contributed by atoms with van der Waals surface area (Å²) in [6.07, 6.45) is -5.18. The first-order chi connectivity index (χ1) is 13.8. The molecule has 0 aliphatic rings. The Morgan fingerprint density at radius 2 is 1.57 bits per heavy atom. The lowest BCUT2D eigenvalue weighted by Crippen LogP contribution is -2.13. The summed E-state index contributed by atoms with van der Waals surface area (Å²) in [5.74, 6) is -0.451. The molecule has 1 aromatic carbocycles. The maximum absolute atomic E-state index is 13.0. The minimum atomic E-state index is -4.75. The Hall–Kier alpha value is -2.89. The minimum Gasteiger partial charge on any atom is -0.263 e. The number of hydrogen-bond donors (Lipinski definition) is 0. The maximum Gasteiger partial charge on any atom is 0.417 e. The van der Waals surface area contributed by atoms with Crippen molar-refractivity contribution in [2.45, 2.75) is 24.2 Å². The van der Waals surface area contributed by atoms with Gasteiger partial charge < -0.3 is 0 Å². The van der Waals surface area contributed by atoms with Crippen LogP contribution in [0, 0.1) is 0 Å². The molecule has 0 unspecified atom stereocenters. The molecule has 0 atom stereocenters. The monoisotopic (exact) mass is 449 g/mol. The molecule has 2 heterocycles. The Labute approximate surface area is 166 Å². The summed E-state index contributed by atoms with van der Waals surface area (Å²) >= 11 is 0. The van der Waals surface area contributed by atoms with Crippen molar-refractivity contribution in [2.75, 3.05) is 5.75 Å². The smallest absolute Gasteiger partial charge is 0.263 e. The molecule has 0 N–H and O–H groups in total. The van der Waals surface area contributed by atoms with Crippen LogP contribution in [0.3, 0.4) is 0 Å². The molecule has 0 bridgehead atoms. The van der Waals surface area contributed by atoms with Crippen LogP contribution in [0.25, 0.3) is 16.8 Å². The average Bonchev–Trinajstić information content (AvgIpc) is 3.16. The minimum absolute atomic E-state index is 0.0582. The van der Waals surface area contributed by atoms with Gasteiger partial charge in [-0.3, -0.25) is 4.98 Å². The van der Waals surface area contributed by atoms with E-state index < -0.39 is 44.0 Å². The number of nitrogens with zero attached hydrogens (tertiary/aromatic N) is 3. The predicted octanol–water partition coefficient (Wildman–Crippen LogP) is 4.77. The maximum atomic E-state index is 13.0. The Morgan fingerprint density at radius 3 is 2.17 bits per heavy atom. The Bertz CT molecular complexity index is 1180. The fourth-order valence-electron chi connectivity index (χ4n) is 2.64. The van der Waals surface area contributed by atoms with Crippen molar-refractivity contribution >= 4 is 9.84 Å². The second kappa shape index (κ2) is 7.42. The highest BCUT2D eigenvalue weighted by Gasteiger charge is 2.33. The Morgan fingerprint density at radius 1 is 0.900 bits per heavy atom. The van der Waals surface area contributed by atoms with Crippen molar-refractivity contribution in [2.24, 2.45) is 0 Å². The van der Waals surface area contributed by atoms with Crippen LogP contribution in [-0.4, -0.2) is 28.9 Å². The quantitative estimate of drug-likeness (QED) is 0.539. The number of alkyl halides is 6. The molecule has 0 fully saturated rings. The first-order valence-electron chi connectivity index (χ1n) is 8.34. The van der Waals surface area contributed by atoms with Gasteiger partial charge in [0.15, 0.2) is 9.84 Å². The second-order valence-corrected chi connectivity index (χ2v) is 8.46. The Balaban J connectivity index is 2.12. The van der Waals surface area contributed by atoms with E-state index in [1.54, 1.807) is 0 Å². The van der Waals surface area contributed by atoms with Crippen LogP contribution < -0.4 is 0 Å². The molecule has 160 valence electrons. The SMILES string of the molecule is CCS(=O)(=O)c1cc(C(F)(F)F)ccc1-n1cc(-c2cncc(C(F)(F)F)c2)cn1. The van der Waals surface area contributed by atoms with Crippen LogP contribution in [0.15, 0.2) is 53.9 Å². The van der Waals surface area contributed by atoms with Gasteiger partial charge in [-0.05, 0) is 24.3 Å². The number of benzene rings is 1. The number of sulfone groups is 1. The number of halogens is 6. The zero-order valence-corrected chi connectivity index (χ0v) is 16.0. The zero-order chi connectivity index (χ0) is 22.3. The van der Waals surface area contributed by atoms with Crippen molar-refractivity contribution in [3.05, 3.63) is 60.2 Å². The van der Waals surface area contributed by atoms with Gasteiger partial charge in [-0.25, -0.2) is 13.1 Å². The molecular weight excluding hydrogens is 436 g/mol. The van der Waals surface area contributed by atoms with E-state index in [0.29, 0.717) is 18.3 Å². The number of hydrogen-bond acceptors (Lipinski definition) is 4. The first-order valence-corrected chi connectivity index (χ1v) is 10.00. The third-order valence-electron chi connectivity index (χ3n) is 4.23. The molecule has 5 nitrogen and oxygen atoms in total. The van der Waals surface area contributed by atoms with E-state index in [9.17, 15) is 34.8 Å². The van der Waals surface area contributed by atoms with E-state index in [-0.39, 0.29) is 16.8 Å². The summed E-state index contributed by atoms with van der Waals surface area (Å²) in [5, 5.41) is 3.92. The van der Waals surface area contributed by atoms with Crippen molar-refractivity contribution < 1.29 is 34.8 Å². The normalized spacial score (nSPS) is 12.9. The lowest BCUT2D eigenvalue weighted by molar-refractivity contribution is -0.138. The fraction of sp³-hybridized carbons (Fsp3) is 0.222. The molecule has 2 aromatic heterocycles. The lowest BCUT2D eigenvalue weighted by atomic mass is 10.1. The molecule has 0 saturated heterocycles. The van der Waals surface area contributed by atoms with Crippen LogP contribution >= 0.6 is 0 Å². The molecule has 0 aliphatic heterocycles. The highest BCUT2D eigenvalue weighted by atomic mass is 32.2. The van der Waals surface area contributed by atoms with Crippen LogP contribution in [0.2, 0.25) is 0 Å². The van der Waals surface area contributed by atoms with Crippen molar-refractivity contribution in [1.29, 1.82) is 0 Å². The van der Waals surface area contributed by atoms with Crippen molar-refractivity contribution in [3.63, 3.8) is 0 Å². The fourth-order valence-corrected chi connectivity index (χ4v) is 3.74. The summed E-state index contributed by atoms with van der Waals surface area (Å²) < 4.78 is 104. The van der Waals surface area contributed by atoms with Gasteiger partial charge in [0.25, 0.3) is 0 Å². The third-order valence-corrected chi connectivity index (χ3v) is 5.99. The highest BCUT2D eigenvalue weighted by Crippen LogP contribution is 2.34. The molecule has 3 aromatic rings. The van der Waals surface area contributed by atoms with Crippen molar-refractivity contribution in [1.82, 2.24) is 14.8 Å². The summed E-state index contributed by atoms with van der Waals surface area (Å²) in [6.45, 7) is 1.28. The summed E-state index contributed by atoms with van der Waals surface area (Å²) in [6, 6.07) is 3.01. The predicted molar refractivity (Wildman–Crippen MR) is 94.5 cm³/mol. The highest BCUT2D eigenvalue weighted by molar-refractivity contribution is 7.91. The molecule has 12 heteroatoms. The van der Waals surface area contributed by atoms with Gasteiger partial charge in [0.1, 0.15) is 0 Å². The molecule has 0 saturated carbocycles. The standard InChI is InChI=1S/C18H13F6N3O2S/c1-2-30(28,29)16-6-13(17(19,20)21)3-4-15(16)27-10-12(8-26-27)11-5-14(9-25-7-11)18(22,23)24/h3-10H,2H2,1H3. The topological polar surface area (TPSA) is 64.8 Å². The number of aromatic nitrogens is 3. The second-order valence-electron chi connectivity index (χ2n) is 6.22. The largest absolute Gasteiger partial charge is 0.417 e. The lowest BCUT2D eigenvalue weighted by Gasteiger charge is -2.13. The summed E-state index contributed by atoms with van der Waals surface area (Å²) in [7, 11) is -4.06. The molecule has 0 aliphatic carbocycles. The van der Waals surface area contributed by atoms with Crippen LogP contribution in [0.1, 0.15) is 18.1 Å². The Kier molecular flexibility index (Phi) is 5.39. The van der Waals surface area contributed by atoms with Crippen molar-refractivity contribution in [3.8, 4) is 16.8 Å². The van der Waals surface area contributed by atoms with E-state index in [2.05, 4.69) is 10.1 Å². The van der Waals surface area contributed by atoms with Gasteiger partial charge in [-0.1, -0.05) is 6.92 Å². The zero-order valence-electron chi connectivity index (χ0n) is 15.2. The van der Waals surface area contributed by atoms with Crippen LogP contribution in [-0.2, 0) is 22.2 Å². The number of pyridine rings is 1. The first kappa shape index (κ1) is 21.8. The molecule has 30 heavy (non-hydrogen) atoms. The van der Waals surface area contributed by atoms with Gasteiger partial charge in [-0.15, -0.1) is 0 Å². The average molecular weight is 449 g/mol. The van der Waals surface area contributed by atoms with E-state index in [1.165, 1.54) is 13.1 Å². The van der Waals surface area contributed by atoms with E-state index in [1.807, 2.05) is 0 Å². The molecular formula is C18H13F6N3O2S. The summed E-state index contributed by atoms with van der Waals surface area (Å²) in [5.41, 5.74) is -2.06. The van der Waals surface area contributed by atoms with Crippen LogP contribution in [0.5, 0.6) is 0 Å². The van der Waals surface area contributed by atoms with Gasteiger partial charge in [0.2, 0.25) is 0 Å². The summed E-state index contributed by atoms with van der Waals surface area (Å²) in [4.78, 5) is 2.95. The van der Waals surface area contributed by atoms with Gasteiger partial charge in [0, 0.05) is 29.7 Å². The molecule has 3 rings (SSSR count). The van der Waals surface area contributed by atoms with Gasteiger partial charge in [-0.2, -0.15) is 31.4 Å². The molecule has 0 radical (unpaired) electrons. The molecule has 0 amide bonds. The third kappa shape index (κ3) is 4.32. The molecule has 0 spiro atoms. The van der Waals surface area contributed by atoms with Crippen LogP contribution in [0.4, 0.5) is 26.3 Å². The van der Waals surface area contributed by atoms with Gasteiger partial charge >= 0.3 is 12.4 Å².